The maximum Gasteiger partial charge on any atom is 0.335 e. The molecule has 2 N–H and O–H groups in total. The molecule has 0 saturated carbocycles. The van der Waals surface area contributed by atoms with E-state index in [4.69, 9.17) is 14.6 Å². The largest absolute Gasteiger partial charge is 0.493 e. The van der Waals surface area contributed by atoms with Gasteiger partial charge in [0.05, 0.1) is 12.7 Å². The van der Waals surface area contributed by atoms with E-state index in [1.165, 1.54) is 32.2 Å². The molecule has 130 valence electrons. The van der Waals surface area contributed by atoms with Crippen LogP contribution in [0.2, 0.25) is 0 Å². The first kappa shape index (κ1) is 18.0. The quantitative estimate of drug-likeness (QED) is 0.749. The average Bonchev–Trinajstić information content (AvgIpc) is 2.59. The molecule has 2 aromatic rings. The number of Topliss-reactive ketones (excluding diaryl/α,β-unsaturated/α-hetero) is 1. The van der Waals surface area contributed by atoms with Crippen LogP contribution in [-0.4, -0.2) is 36.5 Å². The Kier molecular flexibility index (Phi) is 5.73. The Balaban J connectivity index is 2.01. The van der Waals surface area contributed by atoms with Crippen LogP contribution in [0.4, 0.5) is 5.69 Å². The molecule has 0 atom stereocenters. The lowest BCUT2D eigenvalue weighted by Gasteiger charge is -2.11. The zero-order valence-corrected chi connectivity index (χ0v) is 13.7. The van der Waals surface area contributed by atoms with Crippen molar-refractivity contribution in [2.45, 2.75) is 6.92 Å². The summed E-state index contributed by atoms with van der Waals surface area (Å²) in [6.07, 6.45) is 0. The molecule has 2 aromatic carbocycles. The van der Waals surface area contributed by atoms with Crippen LogP contribution >= 0.6 is 0 Å². The van der Waals surface area contributed by atoms with Gasteiger partial charge in [-0.25, -0.2) is 4.79 Å². The zero-order chi connectivity index (χ0) is 18.4. The number of benzene rings is 2. The summed E-state index contributed by atoms with van der Waals surface area (Å²) in [6.45, 7) is 1.14. The van der Waals surface area contributed by atoms with Gasteiger partial charge < -0.3 is 19.9 Å². The molecule has 0 aliphatic carbocycles. The maximum atomic E-state index is 12.0. The number of nitrogens with one attached hydrogen (secondary N) is 1. The highest BCUT2D eigenvalue weighted by molar-refractivity contribution is 5.97. The van der Waals surface area contributed by atoms with Crippen molar-refractivity contribution in [3.8, 4) is 11.5 Å². The topological polar surface area (TPSA) is 102 Å². The highest BCUT2D eigenvalue weighted by Gasteiger charge is 2.12. The summed E-state index contributed by atoms with van der Waals surface area (Å²) in [4.78, 5) is 34.3. The van der Waals surface area contributed by atoms with E-state index in [1.807, 2.05) is 0 Å². The highest BCUT2D eigenvalue weighted by atomic mass is 16.5. The summed E-state index contributed by atoms with van der Waals surface area (Å²) < 4.78 is 10.4. The van der Waals surface area contributed by atoms with E-state index < -0.39 is 11.9 Å². The first-order valence-corrected chi connectivity index (χ1v) is 7.35. The molecule has 1 amide bonds. The molecule has 0 aliphatic rings. The maximum absolute atomic E-state index is 12.0. The zero-order valence-electron chi connectivity index (χ0n) is 13.7. The van der Waals surface area contributed by atoms with Crippen LogP contribution in [0.25, 0.3) is 0 Å². The predicted molar refractivity (Wildman–Crippen MR) is 90.5 cm³/mol. The summed E-state index contributed by atoms with van der Waals surface area (Å²) in [5, 5.41) is 11.6. The number of ketones is 1. The fraction of sp³-hybridized carbons (Fsp3) is 0.167. The molecule has 2 rings (SSSR count). The van der Waals surface area contributed by atoms with Gasteiger partial charge in [-0.15, -0.1) is 0 Å². The molecule has 0 radical (unpaired) electrons. The molecule has 7 nitrogen and oxygen atoms in total. The number of carboxylic acid groups (broad SMARTS) is 1. The Bertz CT molecular complexity index is 815. The smallest absolute Gasteiger partial charge is 0.335 e. The fourth-order valence-electron chi connectivity index (χ4n) is 2.08. The van der Waals surface area contributed by atoms with Gasteiger partial charge in [-0.1, -0.05) is 12.1 Å². The van der Waals surface area contributed by atoms with Crippen LogP contribution in [0, 0.1) is 0 Å². The van der Waals surface area contributed by atoms with Crippen LogP contribution in [0.5, 0.6) is 11.5 Å². The number of carbonyl (C=O) groups excluding carboxylic acids is 2. The lowest BCUT2D eigenvalue weighted by atomic mass is 10.1. The molecular formula is C18H17NO6. The van der Waals surface area contributed by atoms with Crippen molar-refractivity contribution in [1.29, 1.82) is 0 Å². The van der Waals surface area contributed by atoms with Crippen LogP contribution < -0.4 is 14.8 Å². The van der Waals surface area contributed by atoms with Gasteiger partial charge in [0, 0.05) is 11.3 Å². The lowest BCUT2D eigenvalue weighted by Crippen LogP contribution is -2.20. The van der Waals surface area contributed by atoms with Gasteiger partial charge in [-0.2, -0.15) is 0 Å². The van der Waals surface area contributed by atoms with Crippen LogP contribution in [-0.2, 0) is 4.79 Å². The number of carbonyl (C=O) groups is 3. The van der Waals surface area contributed by atoms with Crippen LogP contribution in [0.1, 0.15) is 27.6 Å². The number of aromatic carboxylic acids is 1. The third-order valence-corrected chi connectivity index (χ3v) is 3.32. The van der Waals surface area contributed by atoms with E-state index >= 15 is 0 Å². The molecule has 7 heteroatoms. The molecule has 0 heterocycles. The van der Waals surface area contributed by atoms with Gasteiger partial charge in [0.25, 0.3) is 5.91 Å². The number of hydrogen-bond donors (Lipinski definition) is 2. The minimum absolute atomic E-state index is 0.0506. The number of rotatable bonds is 7. The van der Waals surface area contributed by atoms with Crippen LogP contribution in [0.3, 0.4) is 0 Å². The number of carboxylic acids is 1. The molecule has 0 fully saturated rings. The minimum Gasteiger partial charge on any atom is -0.493 e. The predicted octanol–water partition coefficient (Wildman–Crippen LogP) is 2.61. The standard InChI is InChI=1S/C18H17NO6/c1-11(20)12-4-3-5-14(8-12)19-17(21)10-25-15-7-6-13(18(22)23)9-16(15)24-2/h3-9H,10H2,1-2H3,(H,19,21)(H,22,23). The second kappa shape index (κ2) is 7.96. The molecular weight excluding hydrogens is 326 g/mol. The normalized spacial score (nSPS) is 10.0. The van der Waals surface area contributed by atoms with Gasteiger partial charge in [-0.05, 0) is 37.3 Å². The van der Waals surface area contributed by atoms with Gasteiger partial charge in [-0.3, -0.25) is 9.59 Å². The summed E-state index contributed by atoms with van der Waals surface area (Å²) in [5.74, 6) is -1.15. The highest BCUT2D eigenvalue weighted by Crippen LogP contribution is 2.28. The Morgan fingerprint density at radius 1 is 1.04 bits per heavy atom. The number of anilines is 1. The number of methoxy groups -OCH3 is 1. The van der Waals surface area contributed by atoms with E-state index in [0.717, 1.165) is 0 Å². The van der Waals surface area contributed by atoms with E-state index in [1.54, 1.807) is 24.3 Å². The summed E-state index contributed by atoms with van der Waals surface area (Å²) in [6, 6.07) is 10.6. The first-order chi connectivity index (χ1) is 11.9. The number of amides is 1. The van der Waals surface area contributed by atoms with Crippen LogP contribution in [0.15, 0.2) is 42.5 Å². The number of ether oxygens (including phenoxy) is 2. The van der Waals surface area contributed by atoms with Gasteiger partial charge in [0.15, 0.2) is 23.9 Å². The Labute approximate surface area is 144 Å². The van der Waals surface area contributed by atoms with Gasteiger partial charge in [0.1, 0.15) is 0 Å². The fourth-order valence-corrected chi connectivity index (χ4v) is 2.08. The van der Waals surface area contributed by atoms with Crippen molar-refractivity contribution in [2.75, 3.05) is 19.0 Å². The molecule has 0 saturated heterocycles. The molecule has 0 aliphatic heterocycles. The van der Waals surface area contributed by atoms with Crippen molar-refractivity contribution in [3.05, 3.63) is 53.6 Å². The van der Waals surface area contributed by atoms with Gasteiger partial charge in [0.2, 0.25) is 0 Å². The molecule has 0 unspecified atom stereocenters. The summed E-state index contributed by atoms with van der Waals surface area (Å²) >= 11 is 0. The molecule has 0 spiro atoms. The van der Waals surface area contributed by atoms with Crippen molar-refractivity contribution in [2.24, 2.45) is 0 Å². The summed E-state index contributed by atoms with van der Waals surface area (Å²) in [7, 11) is 1.38. The Morgan fingerprint density at radius 2 is 1.80 bits per heavy atom. The molecule has 0 aromatic heterocycles. The first-order valence-electron chi connectivity index (χ1n) is 7.35. The van der Waals surface area contributed by atoms with E-state index in [0.29, 0.717) is 11.3 Å². The number of hydrogen-bond acceptors (Lipinski definition) is 5. The lowest BCUT2D eigenvalue weighted by molar-refractivity contribution is -0.118. The second-order valence-electron chi connectivity index (χ2n) is 5.14. The van der Waals surface area contributed by atoms with E-state index in [2.05, 4.69) is 5.32 Å². The third kappa shape index (κ3) is 4.81. The van der Waals surface area contributed by atoms with Crippen molar-refractivity contribution in [1.82, 2.24) is 0 Å². The SMILES string of the molecule is COc1cc(C(=O)O)ccc1OCC(=O)Nc1cccc(C(C)=O)c1. The molecule has 0 bridgehead atoms. The van der Waals surface area contributed by atoms with Gasteiger partial charge >= 0.3 is 5.97 Å². The monoisotopic (exact) mass is 343 g/mol. The van der Waals surface area contributed by atoms with Crippen molar-refractivity contribution >= 4 is 23.3 Å². The second-order valence-corrected chi connectivity index (χ2v) is 5.14. The molecule has 25 heavy (non-hydrogen) atoms. The van der Waals surface area contributed by atoms with E-state index in [9.17, 15) is 14.4 Å². The Hall–Kier alpha value is -3.35. The van der Waals surface area contributed by atoms with E-state index in [-0.39, 0.29) is 29.5 Å². The minimum atomic E-state index is -1.09. The third-order valence-electron chi connectivity index (χ3n) is 3.32. The van der Waals surface area contributed by atoms with Crippen molar-refractivity contribution in [3.63, 3.8) is 0 Å². The van der Waals surface area contributed by atoms with Crippen molar-refractivity contribution < 1.29 is 29.0 Å². The average molecular weight is 343 g/mol. The summed E-state index contributed by atoms with van der Waals surface area (Å²) in [5.41, 5.74) is 1.02. The Morgan fingerprint density at radius 3 is 2.44 bits per heavy atom.